The molecule has 0 radical (unpaired) electrons. The molecule has 1 heterocycles. The third-order valence-electron chi connectivity index (χ3n) is 3.67. The normalized spacial score (nSPS) is 12.0. The Balaban J connectivity index is 1.83. The second kappa shape index (κ2) is 6.92. The quantitative estimate of drug-likeness (QED) is 0.452. The molecule has 0 unspecified atom stereocenters. The summed E-state index contributed by atoms with van der Waals surface area (Å²) in [4.78, 5) is 14.6. The lowest BCUT2D eigenvalue weighted by molar-refractivity contribution is -0.137. The van der Waals surface area contributed by atoms with E-state index in [1.165, 1.54) is 6.07 Å². The molecule has 3 rings (SSSR count). The van der Waals surface area contributed by atoms with E-state index >= 15 is 0 Å². The number of anilines is 1. The van der Waals surface area contributed by atoms with Crippen LogP contribution in [0.3, 0.4) is 0 Å². The number of hydrogen-bond donors (Lipinski definition) is 3. The number of azo groups is 1. The van der Waals surface area contributed by atoms with Gasteiger partial charge in [0, 0.05) is 11.1 Å². The summed E-state index contributed by atoms with van der Waals surface area (Å²) >= 11 is 5.53. The van der Waals surface area contributed by atoms with Crippen molar-refractivity contribution >= 4 is 39.9 Å². The predicted octanol–water partition coefficient (Wildman–Crippen LogP) is 6.17. The van der Waals surface area contributed by atoms with Gasteiger partial charge in [0.2, 0.25) is 5.88 Å². The molecule has 140 valence electrons. The molecule has 2 aromatic carbocycles. The molecule has 6 nitrogen and oxygen atoms in total. The Bertz CT molecular complexity index is 1060. The topological polar surface area (TPSA) is 89.8 Å². The van der Waals surface area contributed by atoms with Gasteiger partial charge in [-0.25, -0.2) is 4.79 Å². The third kappa shape index (κ3) is 4.03. The van der Waals surface area contributed by atoms with Gasteiger partial charge < -0.3 is 15.4 Å². The summed E-state index contributed by atoms with van der Waals surface area (Å²) in [6, 6.07) is 7.21. The number of carbonyl (C=O) groups excluding carboxylic acids is 1. The van der Waals surface area contributed by atoms with E-state index < -0.39 is 22.8 Å². The first-order chi connectivity index (χ1) is 12.6. The van der Waals surface area contributed by atoms with Gasteiger partial charge in [-0.1, -0.05) is 28.3 Å². The lowest BCUT2D eigenvalue weighted by atomic mass is 10.2. The molecule has 1 aromatic heterocycles. The van der Waals surface area contributed by atoms with Crippen molar-refractivity contribution in [2.45, 2.75) is 13.1 Å². The minimum absolute atomic E-state index is 0.0518. The molecule has 0 atom stereocenters. The maximum Gasteiger partial charge on any atom is 0.417 e. The van der Waals surface area contributed by atoms with Crippen molar-refractivity contribution in [2.75, 3.05) is 5.32 Å². The van der Waals surface area contributed by atoms with E-state index in [0.29, 0.717) is 17.0 Å². The molecule has 10 heteroatoms. The number of aryl methyl sites for hydroxylation is 1. The standard InChI is InChI=1S/C17H12ClF3N4O2/c1-8-2-5-13-10(6-8)14(15(26)23-13)24-25-16(27)22-9-3-4-12(18)11(7-9)17(19,20)21/h2-7,23,26H,1H3,(H,22,27). The number of aromatic hydroxyl groups is 1. The van der Waals surface area contributed by atoms with Gasteiger partial charge in [0.1, 0.15) is 0 Å². The smallest absolute Gasteiger partial charge is 0.417 e. The molecule has 27 heavy (non-hydrogen) atoms. The Hall–Kier alpha value is -3.07. The fraction of sp³-hybridized carbons (Fsp3) is 0.118. The zero-order valence-corrected chi connectivity index (χ0v) is 14.5. The molecule has 0 saturated heterocycles. The number of nitrogens with zero attached hydrogens (tertiary/aromatic N) is 2. The molecule has 0 bridgehead atoms. The van der Waals surface area contributed by atoms with Crippen molar-refractivity contribution < 1.29 is 23.1 Å². The Morgan fingerprint density at radius 1 is 1.22 bits per heavy atom. The Labute approximate surface area is 155 Å². The first-order valence-electron chi connectivity index (χ1n) is 7.56. The van der Waals surface area contributed by atoms with E-state index in [1.807, 2.05) is 13.0 Å². The summed E-state index contributed by atoms with van der Waals surface area (Å²) in [7, 11) is 0. The maximum absolute atomic E-state index is 12.9. The largest absolute Gasteiger partial charge is 0.493 e. The van der Waals surface area contributed by atoms with Crippen LogP contribution in [0.2, 0.25) is 5.02 Å². The summed E-state index contributed by atoms with van der Waals surface area (Å²) in [5, 5.41) is 19.2. The summed E-state index contributed by atoms with van der Waals surface area (Å²) in [5.74, 6) is -0.280. The molecule has 0 saturated carbocycles. The van der Waals surface area contributed by atoms with Gasteiger partial charge in [-0.3, -0.25) is 0 Å². The van der Waals surface area contributed by atoms with Crippen molar-refractivity contribution in [2.24, 2.45) is 10.2 Å². The number of benzene rings is 2. The molecule has 0 spiro atoms. The van der Waals surface area contributed by atoms with E-state index in [0.717, 1.165) is 11.6 Å². The second-order valence-corrected chi connectivity index (χ2v) is 6.10. The van der Waals surface area contributed by atoms with Gasteiger partial charge >= 0.3 is 12.2 Å². The second-order valence-electron chi connectivity index (χ2n) is 5.69. The van der Waals surface area contributed by atoms with Crippen LogP contribution >= 0.6 is 11.6 Å². The predicted molar refractivity (Wildman–Crippen MR) is 94.7 cm³/mol. The van der Waals surface area contributed by atoms with Gasteiger partial charge in [0.15, 0.2) is 5.69 Å². The average Bonchev–Trinajstić information content (AvgIpc) is 2.88. The van der Waals surface area contributed by atoms with Gasteiger partial charge in [0.25, 0.3) is 0 Å². The monoisotopic (exact) mass is 396 g/mol. The van der Waals surface area contributed by atoms with Crippen LogP contribution < -0.4 is 5.32 Å². The SMILES string of the molecule is Cc1ccc2[nH]c(O)c(N=NC(=O)Nc3ccc(Cl)c(C(F)(F)F)c3)c2c1. The number of alkyl halides is 3. The molecule has 2 amide bonds. The number of carbonyl (C=O) groups is 1. The lowest BCUT2D eigenvalue weighted by Crippen LogP contribution is -2.09. The highest BCUT2D eigenvalue weighted by Gasteiger charge is 2.33. The van der Waals surface area contributed by atoms with Crippen molar-refractivity contribution in [1.82, 2.24) is 4.98 Å². The molecule has 0 aliphatic carbocycles. The van der Waals surface area contributed by atoms with E-state index in [9.17, 15) is 23.1 Å². The number of rotatable bonds is 2. The van der Waals surface area contributed by atoms with Crippen LogP contribution in [0.25, 0.3) is 10.9 Å². The van der Waals surface area contributed by atoms with Crippen LogP contribution in [-0.4, -0.2) is 16.1 Å². The van der Waals surface area contributed by atoms with Gasteiger partial charge in [-0.05, 0) is 37.3 Å². The summed E-state index contributed by atoms with van der Waals surface area (Å²) in [5.41, 5.74) is 0.331. The maximum atomic E-state index is 12.9. The third-order valence-corrected chi connectivity index (χ3v) is 4.00. The van der Waals surface area contributed by atoms with Crippen LogP contribution in [0.5, 0.6) is 5.88 Å². The first-order valence-corrected chi connectivity index (χ1v) is 7.93. The number of nitrogens with one attached hydrogen (secondary N) is 2. The minimum Gasteiger partial charge on any atom is -0.493 e. The number of halogens is 4. The Kier molecular flexibility index (Phi) is 4.79. The van der Waals surface area contributed by atoms with Crippen LogP contribution in [-0.2, 0) is 6.18 Å². The number of fused-ring (bicyclic) bond motifs is 1. The zero-order valence-electron chi connectivity index (χ0n) is 13.7. The number of amides is 2. The van der Waals surface area contributed by atoms with Gasteiger partial charge in [-0.2, -0.15) is 13.2 Å². The highest BCUT2D eigenvalue weighted by atomic mass is 35.5. The molecule has 0 aliphatic heterocycles. The highest BCUT2D eigenvalue weighted by molar-refractivity contribution is 6.31. The fourth-order valence-electron chi connectivity index (χ4n) is 2.44. The summed E-state index contributed by atoms with van der Waals surface area (Å²) in [6.45, 7) is 1.84. The molecular weight excluding hydrogens is 385 g/mol. The van der Waals surface area contributed by atoms with Crippen LogP contribution in [0.15, 0.2) is 46.6 Å². The molecule has 3 N–H and O–H groups in total. The van der Waals surface area contributed by atoms with Crippen molar-refractivity contribution in [3.63, 3.8) is 0 Å². The van der Waals surface area contributed by atoms with Gasteiger partial charge in [-0.15, -0.1) is 5.11 Å². The van der Waals surface area contributed by atoms with E-state index in [4.69, 9.17) is 11.6 Å². The number of aromatic amines is 1. The highest BCUT2D eigenvalue weighted by Crippen LogP contribution is 2.37. The number of hydrogen-bond acceptors (Lipinski definition) is 3. The Morgan fingerprint density at radius 3 is 2.67 bits per heavy atom. The first kappa shape index (κ1) is 18.7. The number of urea groups is 1. The number of H-pyrrole nitrogens is 1. The fourth-order valence-corrected chi connectivity index (χ4v) is 2.67. The van der Waals surface area contributed by atoms with Crippen molar-refractivity contribution in [3.8, 4) is 5.88 Å². The van der Waals surface area contributed by atoms with E-state index in [2.05, 4.69) is 20.5 Å². The molecule has 3 aromatic rings. The lowest BCUT2D eigenvalue weighted by Gasteiger charge is -2.10. The van der Waals surface area contributed by atoms with Crippen molar-refractivity contribution in [1.29, 1.82) is 0 Å². The van der Waals surface area contributed by atoms with Crippen molar-refractivity contribution in [3.05, 3.63) is 52.5 Å². The number of aromatic nitrogens is 1. The molecule has 0 fully saturated rings. The van der Waals surface area contributed by atoms with Gasteiger partial charge in [0.05, 0.1) is 16.1 Å². The van der Waals surface area contributed by atoms with E-state index in [1.54, 1.807) is 12.1 Å². The summed E-state index contributed by atoms with van der Waals surface area (Å²) < 4.78 is 38.6. The van der Waals surface area contributed by atoms with Crippen LogP contribution in [0.4, 0.5) is 29.3 Å². The minimum atomic E-state index is -4.66. The Morgan fingerprint density at radius 2 is 1.96 bits per heavy atom. The summed E-state index contributed by atoms with van der Waals surface area (Å²) in [6.07, 6.45) is -4.66. The zero-order chi connectivity index (χ0) is 19.8. The van der Waals surface area contributed by atoms with Crippen LogP contribution in [0.1, 0.15) is 11.1 Å². The molecular formula is C17H12ClF3N4O2. The van der Waals surface area contributed by atoms with Crippen LogP contribution in [0, 0.1) is 6.92 Å². The molecule has 0 aliphatic rings. The average molecular weight is 397 g/mol. The van der Waals surface area contributed by atoms with E-state index in [-0.39, 0.29) is 17.3 Å².